The number of hydrogen-bond donors (Lipinski definition) is 2. The lowest BCUT2D eigenvalue weighted by molar-refractivity contribution is 0.102. The van der Waals surface area contributed by atoms with E-state index in [1.54, 1.807) is 12.1 Å². The van der Waals surface area contributed by atoms with Crippen molar-refractivity contribution in [2.24, 2.45) is 0 Å². The lowest BCUT2D eigenvalue weighted by Gasteiger charge is -2.05. The van der Waals surface area contributed by atoms with E-state index in [2.05, 4.69) is 10.3 Å². The van der Waals surface area contributed by atoms with Gasteiger partial charge in [0.1, 0.15) is 11.5 Å². The highest BCUT2D eigenvalue weighted by atomic mass is 19.1. The molecule has 2 N–H and O–H groups in total. The quantitative estimate of drug-likeness (QED) is 0.727. The number of hydrogen-bond acceptors (Lipinski definition) is 1. The molecule has 21 heavy (non-hydrogen) atoms. The molecule has 1 amide bonds. The molecule has 2 aromatic carbocycles. The molecule has 0 aliphatic carbocycles. The molecule has 1 aromatic heterocycles. The van der Waals surface area contributed by atoms with Crippen LogP contribution < -0.4 is 5.32 Å². The number of anilines is 1. The van der Waals surface area contributed by atoms with E-state index in [1.807, 2.05) is 32.0 Å². The number of aromatic nitrogens is 1. The van der Waals surface area contributed by atoms with Crippen LogP contribution in [0.15, 0.2) is 42.5 Å². The van der Waals surface area contributed by atoms with Crippen molar-refractivity contribution in [2.45, 2.75) is 13.8 Å². The number of carbonyl (C=O) groups is 1. The van der Waals surface area contributed by atoms with Crippen molar-refractivity contribution in [2.75, 3.05) is 5.32 Å². The summed E-state index contributed by atoms with van der Waals surface area (Å²) < 4.78 is 13.6. The lowest BCUT2D eigenvalue weighted by atomic mass is 10.1. The number of amides is 1. The molecule has 0 saturated carbocycles. The largest absolute Gasteiger partial charge is 0.350 e. The highest BCUT2D eigenvalue weighted by Gasteiger charge is 2.16. The van der Waals surface area contributed by atoms with Gasteiger partial charge in [-0.2, -0.15) is 0 Å². The predicted octanol–water partition coefficient (Wildman–Crippen LogP) is 4.18. The molecule has 0 unspecified atom stereocenters. The minimum absolute atomic E-state index is 0.178. The van der Waals surface area contributed by atoms with Crippen molar-refractivity contribution in [3.8, 4) is 0 Å². The highest BCUT2D eigenvalue weighted by molar-refractivity contribution is 6.07. The molecule has 0 aliphatic heterocycles. The van der Waals surface area contributed by atoms with Crippen molar-refractivity contribution in [3.63, 3.8) is 0 Å². The topological polar surface area (TPSA) is 44.9 Å². The predicted molar refractivity (Wildman–Crippen MR) is 82.1 cm³/mol. The Morgan fingerprint density at radius 2 is 1.90 bits per heavy atom. The van der Waals surface area contributed by atoms with Crippen LogP contribution in [0.4, 0.5) is 10.1 Å². The van der Waals surface area contributed by atoms with Crippen LogP contribution in [0.5, 0.6) is 0 Å². The molecule has 3 nitrogen and oxygen atoms in total. The smallest absolute Gasteiger partial charge is 0.272 e. The summed E-state index contributed by atoms with van der Waals surface area (Å²) in [5.74, 6) is -0.790. The zero-order valence-electron chi connectivity index (χ0n) is 11.8. The van der Waals surface area contributed by atoms with Gasteiger partial charge in [0.25, 0.3) is 5.91 Å². The molecule has 106 valence electrons. The van der Waals surface area contributed by atoms with Gasteiger partial charge in [-0.15, -0.1) is 0 Å². The van der Waals surface area contributed by atoms with E-state index in [9.17, 15) is 9.18 Å². The maximum Gasteiger partial charge on any atom is 0.272 e. The molecule has 3 aromatic rings. The molecule has 0 spiro atoms. The zero-order valence-corrected chi connectivity index (χ0v) is 11.8. The summed E-state index contributed by atoms with van der Waals surface area (Å²) in [6, 6.07) is 12.1. The number of aromatic amines is 1. The van der Waals surface area contributed by atoms with E-state index in [0.717, 1.165) is 22.0 Å². The van der Waals surface area contributed by atoms with Gasteiger partial charge in [0.2, 0.25) is 0 Å². The minimum Gasteiger partial charge on any atom is -0.350 e. The van der Waals surface area contributed by atoms with E-state index >= 15 is 0 Å². The van der Waals surface area contributed by atoms with Gasteiger partial charge in [-0.3, -0.25) is 4.79 Å². The zero-order chi connectivity index (χ0) is 15.0. The Morgan fingerprint density at radius 3 is 2.67 bits per heavy atom. The van der Waals surface area contributed by atoms with E-state index in [0.29, 0.717) is 5.69 Å². The first kappa shape index (κ1) is 13.4. The minimum atomic E-state index is -0.449. The van der Waals surface area contributed by atoms with Crippen molar-refractivity contribution >= 4 is 22.5 Å². The van der Waals surface area contributed by atoms with Crippen molar-refractivity contribution in [3.05, 3.63) is 65.1 Å². The fourth-order valence-corrected chi connectivity index (χ4v) is 2.41. The SMILES string of the molecule is Cc1ccc2[nH]c(C(=O)Nc3ccccc3F)c(C)c2c1. The fraction of sp³-hybridized carbons (Fsp3) is 0.118. The first-order valence-corrected chi connectivity index (χ1v) is 6.71. The van der Waals surface area contributed by atoms with Gasteiger partial charge in [0, 0.05) is 10.9 Å². The maximum absolute atomic E-state index is 13.6. The number of carbonyl (C=O) groups excluding carboxylic acids is 1. The van der Waals surface area contributed by atoms with Crippen LogP contribution in [-0.4, -0.2) is 10.9 Å². The second-order valence-corrected chi connectivity index (χ2v) is 5.11. The van der Waals surface area contributed by atoms with Crippen LogP contribution in [0.3, 0.4) is 0 Å². The lowest BCUT2D eigenvalue weighted by Crippen LogP contribution is -2.14. The molecule has 4 heteroatoms. The first-order valence-electron chi connectivity index (χ1n) is 6.71. The molecule has 0 fully saturated rings. The maximum atomic E-state index is 13.6. The Morgan fingerprint density at radius 1 is 1.14 bits per heavy atom. The van der Waals surface area contributed by atoms with Crippen LogP contribution >= 0.6 is 0 Å². The summed E-state index contributed by atoms with van der Waals surface area (Å²) in [5, 5.41) is 3.61. The molecule has 0 atom stereocenters. The third-order valence-corrected chi connectivity index (χ3v) is 3.56. The normalized spacial score (nSPS) is 10.8. The number of para-hydroxylation sites is 1. The number of aryl methyl sites for hydroxylation is 2. The Bertz CT molecular complexity index is 836. The summed E-state index contributed by atoms with van der Waals surface area (Å²) in [7, 11) is 0. The summed E-state index contributed by atoms with van der Waals surface area (Å²) in [6.07, 6.45) is 0. The summed E-state index contributed by atoms with van der Waals surface area (Å²) >= 11 is 0. The third kappa shape index (κ3) is 2.40. The monoisotopic (exact) mass is 282 g/mol. The summed E-state index contributed by atoms with van der Waals surface area (Å²) in [4.78, 5) is 15.4. The van der Waals surface area contributed by atoms with Crippen molar-refractivity contribution < 1.29 is 9.18 Å². The molecule has 0 radical (unpaired) electrons. The number of fused-ring (bicyclic) bond motifs is 1. The molecule has 0 aliphatic rings. The Kier molecular flexibility index (Phi) is 3.22. The van der Waals surface area contributed by atoms with Crippen molar-refractivity contribution in [1.82, 2.24) is 4.98 Å². The molecular formula is C17H15FN2O. The average Bonchev–Trinajstić information content (AvgIpc) is 2.79. The van der Waals surface area contributed by atoms with Gasteiger partial charge in [-0.05, 0) is 43.7 Å². The third-order valence-electron chi connectivity index (χ3n) is 3.56. The van der Waals surface area contributed by atoms with Crippen LogP contribution in [0, 0.1) is 19.7 Å². The van der Waals surface area contributed by atoms with Crippen LogP contribution in [0.1, 0.15) is 21.6 Å². The van der Waals surface area contributed by atoms with Gasteiger partial charge in [0.15, 0.2) is 0 Å². The fourth-order valence-electron chi connectivity index (χ4n) is 2.41. The van der Waals surface area contributed by atoms with Gasteiger partial charge in [-0.1, -0.05) is 23.8 Å². The number of rotatable bonds is 2. The van der Waals surface area contributed by atoms with Crippen LogP contribution in [0.25, 0.3) is 10.9 Å². The highest BCUT2D eigenvalue weighted by Crippen LogP contribution is 2.24. The molecule has 1 heterocycles. The summed E-state index contributed by atoms with van der Waals surface area (Å²) in [6.45, 7) is 3.89. The van der Waals surface area contributed by atoms with Gasteiger partial charge in [-0.25, -0.2) is 4.39 Å². The molecule has 0 bridgehead atoms. The molecule has 0 saturated heterocycles. The standard InChI is InChI=1S/C17H15FN2O/c1-10-7-8-14-12(9-10)11(2)16(19-14)17(21)20-15-6-4-3-5-13(15)18/h3-9,19H,1-2H3,(H,20,21). The van der Waals surface area contributed by atoms with Crippen LogP contribution in [-0.2, 0) is 0 Å². The Labute approximate surface area is 121 Å². The number of benzene rings is 2. The molecule has 3 rings (SSSR count). The summed E-state index contributed by atoms with van der Waals surface area (Å²) in [5.41, 5.74) is 3.53. The number of halogens is 1. The Balaban J connectivity index is 1.99. The second kappa shape index (κ2) is 5.05. The second-order valence-electron chi connectivity index (χ2n) is 5.11. The molecular weight excluding hydrogens is 267 g/mol. The van der Waals surface area contributed by atoms with Gasteiger partial charge in [0.05, 0.1) is 5.69 Å². The number of H-pyrrole nitrogens is 1. The van der Waals surface area contributed by atoms with Gasteiger partial charge >= 0.3 is 0 Å². The van der Waals surface area contributed by atoms with Gasteiger partial charge < -0.3 is 10.3 Å². The van der Waals surface area contributed by atoms with E-state index in [1.165, 1.54) is 12.1 Å². The van der Waals surface area contributed by atoms with E-state index in [-0.39, 0.29) is 11.6 Å². The van der Waals surface area contributed by atoms with Crippen molar-refractivity contribution in [1.29, 1.82) is 0 Å². The van der Waals surface area contributed by atoms with E-state index < -0.39 is 5.82 Å². The number of nitrogens with one attached hydrogen (secondary N) is 2. The Hall–Kier alpha value is -2.62. The van der Waals surface area contributed by atoms with Crippen LogP contribution in [0.2, 0.25) is 0 Å². The first-order chi connectivity index (χ1) is 10.1. The van der Waals surface area contributed by atoms with E-state index in [4.69, 9.17) is 0 Å². The average molecular weight is 282 g/mol.